The van der Waals surface area contributed by atoms with E-state index in [4.69, 9.17) is 15.1 Å². The summed E-state index contributed by atoms with van der Waals surface area (Å²) in [5.74, 6) is -1.49. The normalized spacial score (nSPS) is 9.14. The highest BCUT2D eigenvalue weighted by Gasteiger charge is 2.14. The Hall–Kier alpha value is -2.22. The van der Waals surface area contributed by atoms with E-state index >= 15 is 0 Å². The Labute approximate surface area is 79.8 Å². The van der Waals surface area contributed by atoms with Gasteiger partial charge in [0.1, 0.15) is 6.07 Å². The molecule has 0 heterocycles. The third kappa shape index (κ3) is 1.59. The van der Waals surface area contributed by atoms with E-state index in [2.05, 4.69) is 0 Å². The number of carboxylic acid groups (broad SMARTS) is 1. The number of nitriles is 1. The van der Waals surface area contributed by atoms with Crippen LogP contribution in [0.4, 0.5) is 0 Å². The second-order valence-electron chi connectivity index (χ2n) is 2.49. The lowest BCUT2D eigenvalue weighted by atomic mass is 10.1. The van der Waals surface area contributed by atoms with Crippen molar-refractivity contribution in [2.24, 2.45) is 0 Å². The Bertz CT molecular complexity index is 420. The molecule has 0 unspecified atom stereocenters. The lowest BCUT2D eigenvalue weighted by Crippen LogP contribution is -2.00. The molecule has 1 rings (SSSR count). The lowest BCUT2D eigenvalue weighted by molar-refractivity contribution is 0.0696. The summed E-state index contributed by atoms with van der Waals surface area (Å²) in [6.45, 7) is 0. The highest BCUT2D eigenvalue weighted by Crippen LogP contribution is 2.28. The number of ether oxygens (including phenoxy) is 1. The Morgan fingerprint density at radius 3 is 2.64 bits per heavy atom. The van der Waals surface area contributed by atoms with E-state index in [-0.39, 0.29) is 22.6 Å². The van der Waals surface area contributed by atoms with Gasteiger partial charge in [0.15, 0.2) is 11.5 Å². The second kappa shape index (κ2) is 3.66. The van der Waals surface area contributed by atoms with E-state index < -0.39 is 5.97 Å². The maximum atomic E-state index is 10.6. The highest BCUT2D eigenvalue weighted by atomic mass is 16.5. The molecule has 0 saturated heterocycles. The van der Waals surface area contributed by atoms with Gasteiger partial charge in [0, 0.05) is 6.07 Å². The standard InChI is InChI=1S/C9H7NO4/c1-14-8-2-5(4-10)6(9(12)13)3-7(8)11/h2-3,11H,1H3,(H,12,13). The minimum absolute atomic E-state index is 0.0489. The predicted molar refractivity (Wildman–Crippen MR) is 46.3 cm³/mol. The number of hydrogen-bond donors (Lipinski definition) is 2. The van der Waals surface area contributed by atoms with E-state index in [1.54, 1.807) is 6.07 Å². The topological polar surface area (TPSA) is 90.5 Å². The average molecular weight is 193 g/mol. The first-order valence-corrected chi connectivity index (χ1v) is 3.64. The molecule has 0 fully saturated rings. The van der Waals surface area contributed by atoms with Crippen molar-refractivity contribution in [3.05, 3.63) is 23.3 Å². The van der Waals surface area contributed by atoms with Crippen molar-refractivity contribution in [1.82, 2.24) is 0 Å². The van der Waals surface area contributed by atoms with Gasteiger partial charge in [-0.25, -0.2) is 4.79 Å². The zero-order valence-electron chi connectivity index (χ0n) is 7.31. The van der Waals surface area contributed by atoms with Gasteiger partial charge >= 0.3 is 5.97 Å². The van der Waals surface area contributed by atoms with E-state index in [0.717, 1.165) is 6.07 Å². The molecule has 1 aromatic rings. The number of methoxy groups -OCH3 is 1. The maximum Gasteiger partial charge on any atom is 0.337 e. The molecule has 0 aliphatic heterocycles. The summed E-state index contributed by atoms with van der Waals surface area (Å²) in [6, 6.07) is 3.87. The molecule has 1 aromatic carbocycles. The van der Waals surface area contributed by atoms with E-state index in [1.807, 2.05) is 0 Å². The minimum atomic E-state index is -1.26. The molecular formula is C9H7NO4. The fraction of sp³-hybridized carbons (Fsp3) is 0.111. The second-order valence-corrected chi connectivity index (χ2v) is 2.49. The number of aromatic carboxylic acids is 1. The molecule has 0 spiro atoms. The summed E-state index contributed by atoms with van der Waals surface area (Å²) < 4.78 is 4.73. The largest absolute Gasteiger partial charge is 0.504 e. The molecule has 0 aromatic heterocycles. The number of carbonyl (C=O) groups is 1. The summed E-state index contributed by atoms with van der Waals surface area (Å²) in [5.41, 5.74) is -0.294. The SMILES string of the molecule is COc1cc(C#N)c(C(=O)O)cc1O. The molecular weight excluding hydrogens is 186 g/mol. The maximum absolute atomic E-state index is 10.6. The predicted octanol–water partition coefficient (Wildman–Crippen LogP) is 0.971. The number of nitrogens with zero attached hydrogens (tertiary/aromatic N) is 1. The smallest absolute Gasteiger partial charge is 0.337 e. The van der Waals surface area contributed by atoms with Crippen LogP contribution in [0.5, 0.6) is 11.5 Å². The Morgan fingerprint density at radius 2 is 2.21 bits per heavy atom. The zero-order valence-corrected chi connectivity index (χ0v) is 7.31. The Kier molecular flexibility index (Phi) is 2.58. The molecule has 0 saturated carbocycles. The van der Waals surface area contributed by atoms with Crippen molar-refractivity contribution >= 4 is 5.97 Å². The van der Waals surface area contributed by atoms with E-state index in [9.17, 15) is 9.90 Å². The van der Waals surface area contributed by atoms with Crippen molar-refractivity contribution in [2.45, 2.75) is 0 Å². The van der Waals surface area contributed by atoms with Crippen LogP contribution >= 0.6 is 0 Å². The van der Waals surface area contributed by atoms with Crippen LogP contribution in [0.25, 0.3) is 0 Å². The molecule has 0 radical (unpaired) electrons. The van der Waals surface area contributed by atoms with Crippen LogP contribution in [-0.2, 0) is 0 Å². The summed E-state index contributed by atoms with van der Waals surface area (Å²) >= 11 is 0. The lowest BCUT2D eigenvalue weighted by Gasteiger charge is -2.05. The van der Waals surface area contributed by atoms with E-state index in [0.29, 0.717) is 0 Å². The molecule has 2 N–H and O–H groups in total. The zero-order chi connectivity index (χ0) is 10.7. The first-order chi connectivity index (χ1) is 6.60. The molecule has 0 bridgehead atoms. The third-order valence-electron chi connectivity index (χ3n) is 1.67. The number of benzene rings is 1. The fourth-order valence-corrected chi connectivity index (χ4v) is 1.00. The van der Waals surface area contributed by atoms with Gasteiger partial charge in [0.2, 0.25) is 0 Å². The molecule has 72 valence electrons. The van der Waals surface area contributed by atoms with Crippen LogP contribution in [0, 0.1) is 11.3 Å². The first-order valence-electron chi connectivity index (χ1n) is 3.64. The fourth-order valence-electron chi connectivity index (χ4n) is 1.00. The minimum Gasteiger partial charge on any atom is -0.504 e. The number of carboxylic acids is 1. The number of hydrogen-bond acceptors (Lipinski definition) is 4. The quantitative estimate of drug-likeness (QED) is 0.730. The van der Waals surface area contributed by atoms with Gasteiger partial charge in [-0.2, -0.15) is 5.26 Å². The van der Waals surface area contributed by atoms with Crippen molar-refractivity contribution in [2.75, 3.05) is 7.11 Å². The van der Waals surface area contributed by atoms with Crippen LogP contribution in [0.1, 0.15) is 15.9 Å². The summed E-state index contributed by atoms with van der Waals surface area (Å²) in [6.07, 6.45) is 0. The third-order valence-corrected chi connectivity index (χ3v) is 1.67. The van der Waals surface area contributed by atoms with Crippen molar-refractivity contribution in [1.29, 1.82) is 5.26 Å². The Balaban J connectivity index is 3.41. The Morgan fingerprint density at radius 1 is 1.57 bits per heavy atom. The van der Waals surface area contributed by atoms with Gasteiger partial charge in [-0.15, -0.1) is 0 Å². The van der Waals surface area contributed by atoms with Crippen LogP contribution in [0.2, 0.25) is 0 Å². The molecule has 5 nitrogen and oxygen atoms in total. The van der Waals surface area contributed by atoms with Crippen LogP contribution in [0.15, 0.2) is 12.1 Å². The van der Waals surface area contributed by atoms with Gasteiger partial charge in [-0.05, 0) is 6.07 Å². The molecule has 0 aliphatic carbocycles. The van der Waals surface area contributed by atoms with Gasteiger partial charge in [0.05, 0.1) is 18.2 Å². The molecule has 0 aliphatic rings. The van der Waals surface area contributed by atoms with Crippen LogP contribution in [-0.4, -0.2) is 23.3 Å². The molecule has 0 amide bonds. The van der Waals surface area contributed by atoms with Gasteiger partial charge in [-0.3, -0.25) is 0 Å². The monoisotopic (exact) mass is 193 g/mol. The molecule has 5 heteroatoms. The van der Waals surface area contributed by atoms with Gasteiger partial charge in [-0.1, -0.05) is 0 Å². The van der Waals surface area contributed by atoms with Crippen molar-refractivity contribution < 1.29 is 19.7 Å². The number of aromatic hydroxyl groups is 1. The number of phenolic OH excluding ortho intramolecular Hbond substituents is 1. The van der Waals surface area contributed by atoms with Crippen molar-refractivity contribution in [3.63, 3.8) is 0 Å². The average Bonchev–Trinajstić information content (AvgIpc) is 2.17. The molecule has 0 atom stereocenters. The number of rotatable bonds is 2. The summed E-state index contributed by atoms with van der Waals surface area (Å²) in [4.78, 5) is 10.6. The summed E-state index contributed by atoms with van der Waals surface area (Å²) in [5, 5.41) is 26.6. The first kappa shape index (κ1) is 9.86. The molecule has 14 heavy (non-hydrogen) atoms. The van der Waals surface area contributed by atoms with Gasteiger partial charge < -0.3 is 14.9 Å². The van der Waals surface area contributed by atoms with Gasteiger partial charge in [0.25, 0.3) is 0 Å². The van der Waals surface area contributed by atoms with Crippen LogP contribution in [0.3, 0.4) is 0 Å². The summed E-state index contributed by atoms with van der Waals surface area (Å²) in [7, 11) is 1.32. The van der Waals surface area contributed by atoms with E-state index in [1.165, 1.54) is 13.2 Å². The van der Waals surface area contributed by atoms with Crippen molar-refractivity contribution in [3.8, 4) is 17.6 Å². The highest BCUT2D eigenvalue weighted by molar-refractivity contribution is 5.91. The van der Waals surface area contributed by atoms with Crippen LogP contribution < -0.4 is 4.74 Å². The number of phenols is 1.